The van der Waals surface area contributed by atoms with E-state index in [1.54, 1.807) is 6.20 Å². The van der Waals surface area contributed by atoms with Gasteiger partial charge in [-0.1, -0.05) is 6.07 Å². The molecule has 0 amide bonds. The van der Waals surface area contributed by atoms with Crippen molar-refractivity contribution in [2.45, 2.75) is 38.3 Å². The maximum Gasteiger partial charge on any atom is 0.213 e. The van der Waals surface area contributed by atoms with E-state index in [2.05, 4.69) is 35.7 Å². The minimum absolute atomic E-state index is 0.390. The fraction of sp³-hybridized carbons (Fsp3) is 0.706. The summed E-state index contributed by atoms with van der Waals surface area (Å²) in [6, 6.07) is 6.50. The summed E-state index contributed by atoms with van der Waals surface area (Å²) in [5.41, 5.74) is 0.390. The Morgan fingerprint density at radius 2 is 2.19 bits per heavy atom. The van der Waals surface area contributed by atoms with Crippen molar-refractivity contribution < 1.29 is 4.74 Å². The number of ether oxygens (including phenoxy) is 1. The molecule has 0 N–H and O–H groups in total. The smallest absolute Gasteiger partial charge is 0.213 e. The molecule has 4 nitrogen and oxygen atoms in total. The van der Waals surface area contributed by atoms with Crippen molar-refractivity contribution in [3.05, 3.63) is 24.4 Å². The topological polar surface area (TPSA) is 28.6 Å². The van der Waals surface area contributed by atoms with E-state index in [4.69, 9.17) is 4.74 Å². The molecule has 21 heavy (non-hydrogen) atoms. The number of hydrogen-bond acceptors (Lipinski definition) is 4. The Hall–Kier alpha value is -1.13. The summed E-state index contributed by atoms with van der Waals surface area (Å²) in [5.74, 6) is 1.40. The number of hydrogen-bond donors (Lipinski definition) is 0. The molecule has 2 saturated heterocycles. The molecule has 0 unspecified atom stereocenters. The van der Waals surface area contributed by atoms with Crippen molar-refractivity contribution in [1.29, 1.82) is 0 Å². The van der Waals surface area contributed by atoms with Crippen LogP contribution in [0, 0.1) is 5.92 Å². The summed E-state index contributed by atoms with van der Waals surface area (Å²) >= 11 is 0. The second-order valence-corrected chi connectivity index (χ2v) is 6.98. The van der Waals surface area contributed by atoms with Crippen molar-refractivity contribution in [3.63, 3.8) is 0 Å². The van der Waals surface area contributed by atoms with Crippen LogP contribution in [0.2, 0.25) is 0 Å². The fourth-order valence-corrected chi connectivity index (χ4v) is 3.63. The number of nitrogens with zero attached hydrogens (tertiary/aromatic N) is 3. The Bertz CT molecular complexity index is 456. The lowest BCUT2D eigenvalue weighted by molar-refractivity contribution is -0.0954. The van der Waals surface area contributed by atoms with Gasteiger partial charge in [-0.2, -0.15) is 0 Å². The molecule has 1 aromatic rings. The van der Waals surface area contributed by atoms with Gasteiger partial charge in [0.15, 0.2) is 0 Å². The largest absolute Gasteiger partial charge is 0.477 e. The first-order valence-electron chi connectivity index (χ1n) is 8.08. The quantitative estimate of drug-likeness (QED) is 0.850. The number of pyridine rings is 1. The van der Waals surface area contributed by atoms with E-state index in [1.165, 1.54) is 32.5 Å². The second kappa shape index (κ2) is 5.93. The van der Waals surface area contributed by atoms with Gasteiger partial charge in [0.05, 0.1) is 6.61 Å². The minimum atomic E-state index is 0.390. The van der Waals surface area contributed by atoms with Crippen LogP contribution in [0.25, 0.3) is 0 Å². The summed E-state index contributed by atoms with van der Waals surface area (Å²) in [5, 5.41) is 0. The number of likely N-dealkylation sites (tertiary alicyclic amines) is 2. The predicted octanol–water partition coefficient (Wildman–Crippen LogP) is 2.27. The van der Waals surface area contributed by atoms with Gasteiger partial charge in [0.1, 0.15) is 0 Å². The molecule has 2 fully saturated rings. The zero-order valence-electron chi connectivity index (χ0n) is 13.5. The molecule has 116 valence electrons. The van der Waals surface area contributed by atoms with Gasteiger partial charge in [0.25, 0.3) is 0 Å². The first-order chi connectivity index (χ1) is 10.1. The van der Waals surface area contributed by atoms with Crippen molar-refractivity contribution in [2.75, 3.05) is 33.3 Å². The van der Waals surface area contributed by atoms with Crippen LogP contribution in [0.3, 0.4) is 0 Å². The minimum Gasteiger partial charge on any atom is -0.477 e. The van der Waals surface area contributed by atoms with Crippen LogP contribution < -0.4 is 4.74 Å². The molecule has 0 radical (unpaired) electrons. The van der Waals surface area contributed by atoms with Crippen LogP contribution >= 0.6 is 0 Å². The standard InChI is InChI=1S/C17H27N3O/c1-14(2)20-12-17(13-20)10-15(7-9-19(17)3)11-21-16-6-4-5-8-18-16/h4-6,8,14-15H,7,9-13H2,1-3H3/t15-/m1/s1. The Morgan fingerprint density at radius 1 is 1.38 bits per heavy atom. The summed E-state index contributed by atoms with van der Waals surface area (Å²) in [6.45, 7) is 8.98. The van der Waals surface area contributed by atoms with Crippen LogP contribution in [0.1, 0.15) is 26.7 Å². The first-order valence-corrected chi connectivity index (χ1v) is 8.08. The maximum atomic E-state index is 5.87. The normalized spacial score (nSPS) is 26.0. The number of rotatable bonds is 4. The molecule has 0 saturated carbocycles. The molecule has 4 heteroatoms. The molecule has 0 aliphatic carbocycles. The van der Waals surface area contributed by atoms with Gasteiger partial charge in [-0.15, -0.1) is 0 Å². The molecule has 1 atom stereocenters. The molecule has 3 rings (SSSR count). The summed E-state index contributed by atoms with van der Waals surface area (Å²) in [6.07, 6.45) is 4.27. The maximum absolute atomic E-state index is 5.87. The number of aromatic nitrogens is 1. The molecular formula is C17H27N3O. The van der Waals surface area contributed by atoms with E-state index in [1.807, 2.05) is 18.2 Å². The summed E-state index contributed by atoms with van der Waals surface area (Å²) in [7, 11) is 2.29. The van der Waals surface area contributed by atoms with Crippen molar-refractivity contribution in [3.8, 4) is 5.88 Å². The summed E-state index contributed by atoms with van der Waals surface area (Å²) < 4.78 is 5.87. The van der Waals surface area contributed by atoms with E-state index in [-0.39, 0.29) is 0 Å². The Labute approximate surface area is 128 Å². The Kier molecular flexibility index (Phi) is 4.18. The molecule has 3 heterocycles. The third-order valence-corrected chi connectivity index (χ3v) is 5.18. The van der Waals surface area contributed by atoms with Gasteiger partial charge in [-0.3, -0.25) is 9.80 Å². The van der Waals surface area contributed by atoms with Gasteiger partial charge in [0.2, 0.25) is 5.88 Å². The van der Waals surface area contributed by atoms with Gasteiger partial charge in [-0.25, -0.2) is 4.98 Å². The monoisotopic (exact) mass is 289 g/mol. The molecule has 0 aromatic carbocycles. The van der Waals surface area contributed by atoms with E-state index in [9.17, 15) is 0 Å². The van der Waals surface area contributed by atoms with E-state index in [0.717, 1.165) is 12.5 Å². The lowest BCUT2D eigenvalue weighted by Crippen LogP contribution is -2.72. The average molecular weight is 289 g/mol. The average Bonchev–Trinajstić information content (AvgIpc) is 2.45. The van der Waals surface area contributed by atoms with E-state index < -0.39 is 0 Å². The van der Waals surface area contributed by atoms with E-state index >= 15 is 0 Å². The van der Waals surface area contributed by atoms with Crippen LogP contribution in [-0.4, -0.2) is 59.7 Å². The van der Waals surface area contributed by atoms with Gasteiger partial charge < -0.3 is 4.74 Å². The van der Waals surface area contributed by atoms with Crippen LogP contribution in [0.5, 0.6) is 5.88 Å². The highest BCUT2D eigenvalue weighted by Crippen LogP contribution is 2.39. The zero-order chi connectivity index (χ0) is 14.9. The molecule has 1 aromatic heterocycles. The van der Waals surface area contributed by atoms with Crippen LogP contribution in [0.4, 0.5) is 0 Å². The summed E-state index contributed by atoms with van der Waals surface area (Å²) in [4.78, 5) is 9.38. The van der Waals surface area contributed by atoms with Gasteiger partial charge in [-0.05, 0) is 52.3 Å². The van der Waals surface area contributed by atoms with Crippen LogP contribution in [-0.2, 0) is 0 Å². The molecule has 0 bridgehead atoms. The second-order valence-electron chi connectivity index (χ2n) is 6.98. The Balaban J connectivity index is 1.54. The van der Waals surface area contributed by atoms with Crippen molar-refractivity contribution >= 4 is 0 Å². The van der Waals surface area contributed by atoms with Gasteiger partial charge in [0, 0.05) is 36.9 Å². The highest BCUT2D eigenvalue weighted by molar-refractivity contribution is 5.10. The SMILES string of the molecule is CC(C)N1CC2(C[C@H](COc3ccccn3)CCN2C)C1. The number of piperidine rings is 1. The highest BCUT2D eigenvalue weighted by atomic mass is 16.5. The molecule has 2 aliphatic rings. The lowest BCUT2D eigenvalue weighted by Gasteiger charge is -2.60. The predicted molar refractivity (Wildman–Crippen MR) is 84.5 cm³/mol. The van der Waals surface area contributed by atoms with Crippen molar-refractivity contribution in [1.82, 2.24) is 14.8 Å². The molecular weight excluding hydrogens is 262 g/mol. The lowest BCUT2D eigenvalue weighted by atomic mass is 9.75. The van der Waals surface area contributed by atoms with Gasteiger partial charge >= 0.3 is 0 Å². The molecule has 2 aliphatic heterocycles. The van der Waals surface area contributed by atoms with Crippen LogP contribution in [0.15, 0.2) is 24.4 Å². The number of likely N-dealkylation sites (N-methyl/N-ethyl adjacent to an activating group) is 1. The zero-order valence-corrected chi connectivity index (χ0v) is 13.5. The fourth-order valence-electron chi connectivity index (χ4n) is 3.63. The van der Waals surface area contributed by atoms with E-state index in [0.29, 0.717) is 17.5 Å². The first kappa shape index (κ1) is 14.8. The third kappa shape index (κ3) is 3.06. The molecule has 1 spiro atoms. The van der Waals surface area contributed by atoms with Crippen molar-refractivity contribution in [2.24, 2.45) is 5.92 Å². The Morgan fingerprint density at radius 3 is 2.86 bits per heavy atom. The third-order valence-electron chi connectivity index (χ3n) is 5.18. The highest BCUT2D eigenvalue weighted by Gasteiger charge is 2.49.